The molecule has 0 spiro atoms. The predicted molar refractivity (Wildman–Crippen MR) is 12.2 cm³/mol. The smallest absolute Gasteiger partial charge is 0 e. The van der Waals surface area contributed by atoms with Crippen LogP contribution in [0.4, 0.5) is 0 Å². The fourth-order valence-electron chi connectivity index (χ4n) is 0. The maximum atomic E-state index is 0. The maximum Gasteiger partial charge on any atom is 0 e. The van der Waals surface area contributed by atoms with Crippen LogP contribution >= 0.6 is 0 Å². The summed E-state index contributed by atoms with van der Waals surface area (Å²) in [6.45, 7) is 0. The summed E-state index contributed by atoms with van der Waals surface area (Å²) in [5, 5.41) is 0. The molecule has 0 heterocycles. The topological polar surface area (TPSA) is 31.5 Å². The van der Waals surface area contributed by atoms with E-state index in [2.05, 4.69) is 0 Å². The van der Waals surface area contributed by atoms with Crippen LogP contribution in [0.3, 0.4) is 0 Å². The van der Waals surface area contributed by atoms with E-state index >= 15 is 0 Å². The zero-order valence-electron chi connectivity index (χ0n) is 1.50. The molecule has 0 saturated heterocycles. The van der Waals surface area contributed by atoms with Crippen molar-refractivity contribution in [1.82, 2.24) is 0 Å². The molecule has 20 valence electrons. The van der Waals surface area contributed by atoms with Crippen LogP contribution in [0.2, 0.25) is 0 Å². The Morgan fingerprint density at radius 2 is 1.00 bits per heavy atom. The van der Waals surface area contributed by atoms with E-state index in [1.165, 1.54) is 0 Å². The molecule has 0 rings (SSSR count). The molecule has 4 heavy (non-hydrogen) atoms. The molecule has 0 aliphatic rings. The van der Waals surface area contributed by atoms with Gasteiger partial charge in [-0.15, -0.1) is 0 Å². The molecular formula is H4CaOTiZr. The van der Waals surface area contributed by atoms with Crippen molar-refractivity contribution in [3.8, 4) is 0 Å². The summed E-state index contributed by atoms with van der Waals surface area (Å²) in [5.41, 5.74) is 0. The van der Waals surface area contributed by atoms with Gasteiger partial charge >= 0.3 is 37.7 Å². The molecule has 0 fully saturated rings. The molecule has 2 N–H and O–H groups in total. The molecule has 0 amide bonds. The molecule has 0 aromatic carbocycles. The molecule has 4 heteroatoms. The van der Waals surface area contributed by atoms with Crippen molar-refractivity contribution in [2.24, 2.45) is 0 Å². The summed E-state index contributed by atoms with van der Waals surface area (Å²) >= 11 is 0. The fourth-order valence-corrected chi connectivity index (χ4v) is 0. The molecule has 1 nitrogen and oxygen atoms in total. The van der Waals surface area contributed by atoms with E-state index in [4.69, 9.17) is 0 Å². The second kappa shape index (κ2) is 17.0. The largest absolute Gasteiger partial charge is 0 e. The summed E-state index contributed by atoms with van der Waals surface area (Å²) in [5.74, 6) is 0. The van der Waals surface area contributed by atoms with Crippen LogP contribution in [0.1, 0.15) is 0 Å². The second-order valence-corrected chi connectivity index (χ2v) is 0. The van der Waals surface area contributed by atoms with Gasteiger partial charge in [-0.05, 0) is 0 Å². The van der Waals surface area contributed by atoms with Crippen LogP contribution in [-0.2, 0) is 47.9 Å². The van der Waals surface area contributed by atoms with Crippen LogP contribution in [0, 0.1) is 0 Å². The number of rotatable bonds is 0. The van der Waals surface area contributed by atoms with Crippen molar-refractivity contribution >= 4 is 37.7 Å². The molecule has 0 aliphatic heterocycles. The zero-order chi connectivity index (χ0) is 0. The third kappa shape index (κ3) is 8.84. The van der Waals surface area contributed by atoms with Gasteiger partial charge in [0.1, 0.15) is 0 Å². The van der Waals surface area contributed by atoms with Gasteiger partial charge in [-0.1, -0.05) is 0 Å². The van der Waals surface area contributed by atoms with Gasteiger partial charge in [0.25, 0.3) is 0 Å². The van der Waals surface area contributed by atoms with Gasteiger partial charge in [-0.2, -0.15) is 0 Å². The van der Waals surface area contributed by atoms with Crippen molar-refractivity contribution < 1.29 is 53.4 Å². The van der Waals surface area contributed by atoms with E-state index in [0.717, 1.165) is 0 Å². The Hall–Kier alpha value is 2.82. The van der Waals surface area contributed by atoms with E-state index in [0.29, 0.717) is 0 Å². The Balaban J connectivity index is 0. The normalized spacial score (nSPS) is 0. The van der Waals surface area contributed by atoms with E-state index < -0.39 is 0 Å². The van der Waals surface area contributed by atoms with Gasteiger partial charge < -0.3 is 5.48 Å². The molecule has 0 aliphatic carbocycles. The summed E-state index contributed by atoms with van der Waals surface area (Å²) in [6.07, 6.45) is 0. The van der Waals surface area contributed by atoms with Crippen LogP contribution in [0.25, 0.3) is 0 Å². The van der Waals surface area contributed by atoms with E-state index in [1.807, 2.05) is 0 Å². The minimum absolute atomic E-state index is 0. The molecule has 0 radical (unpaired) electrons. The summed E-state index contributed by atoms with van der Waals surface area (Å²) in [7, 11) is 0. The number of hydrogen-bond donors (Lipinski definition) is 0. The molecular weight excluding hydrogens is 195 g/mol. The third-order valence-electron chi connectivity index (χ3n) is 0. The minimum Gasteiger partial charge on any atom is 0 e. The first-order chi connectivity index (χ1) is 0. The van der Waals surface area contributed by atoms with Gasteiger partial charge in [0.2, 0.25) is 0 Å². The summed E-state index contributed by atoms with van der Waals surface area (Å²) in [4.78, 5) is 0. The molecule has 0 saturated carbocycles. The van der Waals surface area contributed by atoms with Gasteiger partial charge in [0.15, 0.2) is 0 Å². The first kappa shape index (κ1) is 29.1. The summed E-state index contributed by atoms with van der Waals surface area (Å²) < 4.78 is 0. The van der Waals surface area contributed by atoms with Gasteiger partial charge in [-0.25, -0.2) is 0 Å². The average Bonchev–Trinajstić information content (AvgIpc) is 0. The Labute approximate surface area is 89.2 Å². The second-order valence-electron chi connectivity index (χ2n) is 0. The predicted octanol–water partition coefficient (Wildman–Crippen LogP) is -1.75. The van der Waals surface area contributed by atoms with E-state index in [-0.39, 0.29) is 91.1 Å². The third-order valence-corrected chi connectivity index (χ3v) is 0. The average molecular weight is 199 g/mol. The summed E-state index contributed by atoms with van der Waals surface area (Å²) in [6, 6.07) is 0. The molecule has 0 unspecified atom stereocenters. The maximum absolute atomic E-state index is 0. The van der Waals surface area contributed by atoms with E-state index in [1.54, 1.807) is 0 Å². The Bertz CT molecular complexity index is 8.00. The van der Waals surface area contributed by atoms with E-state index in [9.17, 15) is 0 Å². The van der Waals surface area contributed by atoms with Gasteiger partial charge in [-0.3, -0.25) is 0 Å². The standard InChI is InChI=1S/Ca.H2O.Ti.Zr.2H/h;1H2;;;;. The SMILES string of the molecule is O.[CaH2].[Ti].[Zr]. The monoisotopic (exact) mass is 198 g/mol. The molecule has 0 bridgehead atoms. The molecule has 0 aromatic heterocycles. The van der Waals surface area contributed by atoms with Gasteiger partial charge in [0, 0.05) is 47.9 Å². The minimum atomic E-state index is 0. The van der Waals surface area contributed by atoms with Crippen molar-refractivity contribution in [2.45, 2.75) is 0 Å². The molecule has 0 aromatic rings. The van der Waals surface area contributed by atoms with Crippen molar-refractivity contribution in [1.29, 1.82) is 0 Å². The Morgan fingerprint density at radius 3 is 1.00 bits per heavy atom. The zero-order valence-corrected chi connectivity index (χ0v) is 5.52. The van der Waals surface area contributed by atoms with Crippen LogP contribution < -0.4 is 0 Å². The quantitative estimate of drug-likeness (QED) is 0.415. The first-order valence-electron chi connectivity index (χ1n) is 0. The van der Waals surface area contributed by atoms with Crippen LogP contribution in [0.5, 0.6) is 0 Å². The van der Waals surface area contributed by atoms with Crippen LogP contribution in [-0.4, -0.2) is 43.2 Å². The van der Waals surface area contributed by atoms with Gasteiger partial charge in [0.05, 0.1) is 0 Å². The van der Waals surface area contributed by atoms with Crippen molar-refractivity contribution in [3.05, 3.63) is 0 Å². The Morgan fingerprint density at radius 1 is 1.00 bits per heavy atom. The molecule has 0 atom stereocenters. The van der Waals surface area contributed by atoms with Crippen molar-refractivity contribution in [2.75, 3.05) is 0 Å². The Kier molecular flexibility index (Phi) is 124. The fraction of sp³-hybridized carbons (Fsp3) is 0. The van der Waals surface area contributed by atoms with Crippen LogP contribution in [0.15, 0.2) is 0 Å². The number of hydrogen-bond acceptors (Lipinski definition) is 0. The van der Waals surface area contributed by atoms with Crippen molar-refractivity contribution in [3.63, 3.8) is 0 Å². The first-order valence-corrected chi connectivity index (χ1v) is 0.